The van der Waals surface area contributed by atoms with Gasteiger partial charge in [-0.15, -0.1) is 0 Å². The largest absolute Gasteiger partial charge is 0.461 e. The van der Waals surface area contributed by atoms with E-state index in [9.17, 15) is 8.42 Å². The number of benzene rings is 2. The highest BCUT2D eigenvalue weighted by molar-refractivity contribution is 9.10. The zero-order chi connectivity index (χ0) is 21.7. The molecule has 0 bridgehead atoms. The van der Waals surface area contributed by atoms with Crippen LogP contribution < -0.4 is 4.72 Å². The second-order valence-corrected chi connectivity index (χ2v) is 11.6. The van der Waals surface area contributed by atoms with Crippen LogP contribution in [-0.2, 0) is 22.9 Å². The van der Waals surface area contributed by atoms with Gasteiger partial charge in [0.1, 0.15) is 11.3 Å². The van der Waals surface area contributed by atoms with E-state index in [-0.39, 0.29) is 10.3 Å². The number of hydrogen-bond donors (Lipinski definition) is 1. The molecule has 1 aliphatic rings. The molecular formula is C24H28BrNO3S. The van der Waals surface area contributed by atoms with Crippen molar-refractivity contribution in [3.63, 3.8) is 0 Å². The molecule has 0 amide bonds. The van der Waals surface area contributed by atoms with Crippen LogP contribution in [0.2, 0.25) is 0 Å². The first-order valence-corrected chi connectivity index (χ1v) is 12.7. The quantitative estimate of drug-likeness (QED) is 0.426. The maximum Gasteiger partial charge on any atom is 0.261 e. The number of nitrogens with one attached hydrogen (secondary N) is 1. The van der Waals surface area contributed by atoms with Gasteiger partial charge in [0, 0.05) is 21.8 Å². The predicted molar refractivity (Wildman–Crippen MR) is 125 cm³/mol. The molecule has 1 atom stereocenters. The number of furan rings is 1. The fourth-order valence-corrected chi connectivity index (χ4v) is 5.69. The van der Waals surface area contributed by atoms with E-state index in [1.807, 2.05) is 19.1 Å². The molecule has 0 radical (unpaired) electrons. The zero-order valence-corrected chi connectivity index (χ0v) is 20.3. The Balaban J connectivity index is 1.72. The predicted octanol–water partition coefficient (Wildman–Crippen LogP) is 6.85. The Bertz CT molecular complexity index is 1190. The van der Waals surface area contributed by atoms with E-state index in [1.165, 1.54) is 5.56 Å². The van der Waals surface area contributed by atoms with Crippen LogP contribution in [0.3, 0.4) is 0 Å². The molecule has 1 unspecified atom stereocenters. The molecule has 0 aliphatic heterocycles. The van der Waals surface area contributed by atoms with E-state index in [2.05, 4.69) is 41.4 Å². The van der Waals surface area contributed by atoms with Gasteiger partial charge in [0.05, 0.1) is 10.6 Å². The van der Waals surface area contributed by atoms with Gasteiger partial charge in [-0.2, -0.15) is 0 Å². The molecule has 0 saturated heterocycles. The third kappa shape index (κ3) is 3.92. The average molecular weight is 490 g/mol. The van der Waals surface area contributed by atoms with E-state index in [0.29, 0.717) is 11.6 Å². The number of anilines is 1. The molecule has 0 spiro atoms. The Morgan fingerprint density at radius 1 is 1.20 bits per heavy atom. The molecule has 4 rings (SSSR count). The molecule has 30 heavy (non-hydrogen) atoms. The highest BCUT2D eigenvalue weighted by Crippen LogP contribution is 2.43. The summed E-state index contributed by atoms with van der Waals surface area (Å²) in [7, 11) is -3.66. The summed E-state index contributed by atoms with van der Waals surface area (Å²) in [5, 5.41) is 1.03. The Labute approximate surface area is 187 Å². The average Bonchev–Trinajstić information content (AvgIpc) is 3.05. The SMILES string of the molecule is CCC(C)(C)C1CCc2oc3cc(C)c(NS(=O)(=O)c4ccc(Br)cc4)cc3c2C1. The Morgan fingerprint density at radius 2 is 1.90 bits per heavy atom. The topological polar surface area (TPSA) is 59.3 Å². The van der Waals surface area contributed by atoms with Gasteiger partial charge in [0.15, 0.2) is 0 Å². The van der Waals surface area contributed by atoms with Gasteiger partial charge >= 0.3 is 0 Å². The number of aryl methyl sites for hydroxylation is 2. The summed E-state index contributed by atoms with van der Waals surface area (Å²) in [4.78, 5) is 0.240. The maximum atomic E-state index is 12.9. The summed E-state index contributed by atoms with van der Waals surface area (Å²) in [5.74, 6) is 1.65. The van der Waals surface area contributed by atoms with Crippen LogP contribution in [0.15, 0.2) is 50.2 Å². The minimum absolute atomic E-state index is 0.240. The number of rotatable bonds is 5. The molecule has 3 aromatic rings. The Kier molecular flexibility index (Phi) is 5.52. The van der Waals surface area contributed by atoms with Gasteiger partial charge in [0.25, 0.3) is 10.0 Å². The fourth-order valence-electron chi connectivity index (χ4n) is 4.31. The molecule has 4 nitrogen and oxygen atoms in total. The van der Waals surface area contributed by atoms with Gasteiger partial charge in [-0.25, -0.2) is 8.42 Å². The van der Waals surface area contributed by atoms with E-state index >= 15 is 0 Å². The van der Waals surface area contributed by atoms with Crippen molar-refractivity contribution < 1.29 is 12.8 Å². The molecule has 0 fully saturated rings. The van der Waals surface area contributed by atoms with Crippen LogP contribution in [-0.4, -0.2) is 8.42 Å². The molecule has 1 aromatic heterocycles. The summed E-state index contributed by atoms with van der Waals surface area (Å²) in [5.41, 5.74) is 3.81. The second-order valence-electron chi connectivity index (χ2n) is 9.01. The fraction of sp³-hybridized carbons (Fsp3) is 0.417. The first kappa shape index (κ1) is 21.4. The third-order valence-electron chi connectivity index (χ3n) is 6.78. The maximum absolute atomic E-state index is 12.9. The number of fused-ring (bicyclic) bond motifs is 3. The van der Waals surface area contributed by atoms with E-state index in [1.54, 1.807) is 24.3 Å². The molecule has 6 heteroatoms. The molecule has 1 N–H and O–H groups in total. The lowest BCUT2D eigenvalue weighted by Gasteiger charge is -2.36. The molecule has 1 heterocycles. The summed E-state index contributed by atoms with van der Waals surface area (Å²) in [6, 6.07) is 10.5. The van der Waals surface area contributed by atoms with Crippen LogP contribution in [0.5, 0.6) is 0 Å². The van der Waals surface area contributed by atoms with Gasteiger partial charge in [-0.3, -0.25) is 4.72 Å². The van der Waals surface area contributed by atoms with Crippen molar-refractivity contribution in [1.29, 1.82) is 0 Å². The van der Waals surface area contributed by atoms with Crippen LogP contribution in [0.4, 0.5) is 5.69 Å². The van der Waals surface area contributed by atoms with Gasteiger partial charge in [0.2, 0.25) is 0 Å². The van der Waals surface area contributed by atoms with Crippen molar-refractivity contribution in [3.8, 4) is 0 Å². The van der Waals surface area contributed by atoms with E-state index in [0.717, 1.165) is 52.4 Å². The number of sulfonamides is 1. The first-order valence-electron chi connectivity index (χ1n) is 10.4. The lowest BCUT2D eigenvalue weighted by atomic mass is 9.69. The zero-order valence-electron chi connectivity index (χ0n) is 17.9. The summed E-state index contributed by atoms with van der Waals surface area (Å²) < 4.78 is 35.6. The van der Waals surface area contributed by atoms with Crippen molar-refractivity contribution in [2.75, 3.05) is 4.72 Å². The number of halogens is 1. The Morgan fingerprint density at radius 3 is 2.57 bits per heavy atom. The van der Waals surface area contributed by atoms with E-state index < -0.39 is 10.0 Å². The van der Waals surface area contributed by atoms with Crippen molar-refractivity contribution in [2.45, 2.75) is 58.3 Å². The lowest BCUT2D eigenvalue weighted by molar-refractivity contribution is 0.179. The summed E-state index contributed by atoms with van der Waals surface area (Å²) in [6.45, 7) is 8.84. The van der Waals surface area contributed by atoms with Crippen LogP contribution in [0, 0.1) is 18.3 Å². The normalized spacial score (nSPS) is 17.2. The molecule has 2 aromatic carbocycles. The van der Waals surface area contributed by atoms with Crippen molar-refractivity contribution >= 4 is 42.6 Å². The van der Waals surface area contributed by atoms with Gasteiger partial charge < -0.3 is 4.42 Å². The van der Waals surface area contributed by atoms with Crippen molar-refractivity contribution in [1.82, 2.24) is 0 Å². The van der Waals surface area contributed by atoms with Crippen LogP contribution >= 0.6 is 15.9 Å². The first-order chi connectivity index (χ1) is 14.1. The van der Waals surface area contributed by atoms with Crippen molar-refractivity contribution in [2.24, 2.45) is 11.3 Å². The van der Waals surface area contributed by atoms with Crippen molar-refractivity contribution in [3.05, 3.63) is 57.8 Å². The van der Waals surface area contributed by atoms with Gasteiger partial charge in [-0.1, -0.05) is 43.1 Å². The highest BCUT2D eigenvalue weighted by atomic mass is 79.9. The number of hydrogen-bond acceptors (Lipinski definition) is 3. The summed E-state index contributed by atoms with van der Waals surface area (Å²) >= 11 is 3.35. The molecule has 1 aliphatic carbocycles. The molecular weight excluding hydrogens is 462 g/mol. The summed E-state index contributed by atoms with van der Waals surface area (Å²) in [6.07, 6.45) is 4.19. The lowest BCUT2D eigenvalue weighted by Crippen LogP contribution is -2.28. The smallest absolute Gasteiger partial charge is 0.261 e. The monoisotopic (exact) mass is 489 g/mol. The Hall–Kier alpha value is -1.79. The van der Waals surface area contributed by atoms with Crippen LogP contribution in [0.25, 0.3) is 11.0 Å². The minimum Gasteiger partial charge on any atom is -0.461 e. The third-order valence-corrected chi connectivity index (χ3v) is 8.69. The van der Waals surface area contributed by atoms with Crippen LogP contribution in [0.1, 0.15) is 50.5 Å². The standard InChI is InChI=1S/C24H28BrNO3S/c1-5-24(3,4)16-6-11-22-19(13-16)20-14-21(15(2)12-23(20)29-22)26-30(27,28)18-9-7-17(25)8-10-18/h7-10,12,14,16,26H,5-6,11,13H2,1-4H3. The highest BCUT2D eigenvalue weighted by Gasteiger charge is 2.33. The van der Waals surface area contributed by atoms with Gasteiger partial charge in [-0.05, 0) is 73.1 Å². The second kappa shape index (κ2) is 7.72. The minimum atomic E-state index is -3.66. The van der Waals surface area contributed by atoms with E-state index in [4.69, 9.17) is 4.42 Å². The molecule has 0 saturated carbocycles. The molecule has 160 valence electrons.